The summed E-state index contributed by atoms with van der Waals surface area (Å²) in [7, 11) is 0. The molecular weight excluding hydrogens is 496 g/mol. The van der Waals surface area contributed by atoms with E-state index >= 15 is 0 Å². The van der Waals surface area contributed by atoms with E-state index in [0.29, 0.717) is 26.2 Å². The first kappa shape index (κ1) is 27.8. The molecule has 3 aromatic carbocycles. The van der Waals surface area contributed by atoms with Crippen molar-refractivity contribution in [2.75, 3.05) is 13.2 Å². The summed E-state index contributed by atoms with van der Waals surface area (Å²) >= 11 is 0. The monoisotopic (exact) mass is 530 g/mol. The van der Waals surface area contributed by atoms with E-state index in [-0.39, 0.29) is 36.6 Å². The van der Waals surface area contributed by atoms with E-state index in [1.54, 1.807) is 6.92 Å². The van der Waals surface area contributed by atoms with Gasteiger partial charge in [0.1, 0.15) is 12.1 Å². The Labute approximate surface area is 227 Å². The van der Waals surface area contributed by atoms with Crippen molar-refractivity contribution in [3.8, 4) is 0 Å². The molecule has 1 aliphatic rings. The van der Waals surface area contributed by atoms with Crippen molar-refractivity contribution in [3.63, 3.8) is 0 Å². The molecule has 1 fully saturated rings. The minimum atomic E-state index is -1.12. The number of hydrogen-bond acceptors (Lipinski definition) is 5. The van der Waals surface area contributed by atoms with Crippen molar-refractivity contribution in [2.24, 2.45) is 0 Å². The van der Waals surface area contributed by atoms with Crippen LogP contribution in [0.15, 0.2) is 72.8 Å². The van der Waals surface area contributed by atoms with Crippen molar-refractivity contribution < 1.29 is 23.9 Å². The molecule has 0 bridgehead atoms. The summed E-state index contributed by atoms with van der Waals surface area (Å²) < 4.78 is 5.08. The first-order chi connectivity index (χ1) is 18.9. The van der Waals surface area contributed by atoms with E-state index in [0.717, 1.165) is 21.9 Å². The third kappa shape index (κ3) is 8.12. The Bertz CT molecular complexity index is 1300. The lowest BCUT2D eigenvalue weighted by Gasteiger charge is -2.28. The van der Waals surface area contributed by atoms with Gasteiger partial charge in [0.25, 0.3) is 0 Å². The Morgan fingerprint density at radius 1 is 0.846 bits per heavy atom. The second-order valence-electron chi connectivity index (χ2n) is 9.70. The molecule has 0 unspecified atom stereocenters. The maximum Gasteiger partial charge on any atom is 0.243 e. The number of rotatable bonds is 12. The lowest BCUT2D eigenvalue weighted by molar-refractivity contribution is -0.134. The Kier molecular flexibility index (Phi) is 9.64. The largest absolute Gasteiger partial charge is 0.377 e. The molecule has 0 saturated carbocycles. The molecule has 1 aliphatic heterocycles. The molecule has 0 radical (unpaired) electrons. The summed E-state index contributed by atoms with van der Waals surface area (Å²) in [6.07, 6.45) is 0.413. The first-order valence-electron chi connectivity index (χ1n) is 13.1. The summed E-state index contributed by atoms with van der Waals surface area (Å²) in [5.41, 5.74) is 1.95. The van der Waals surface area contributed by atoms with Gasteiger partial charge in [-0.1, -0.05) is 72.8 Å². The van der Waals surface area contributed by atoms with Crippen molar-refractivity contribution in [1.29, 1.82) is 0 Å². The summed E-state index contributed by atoms with van der Waals surface area (Å²) in [5, 5.41) is 13.1. The van der Waals surface area contributed by atoms with E-state index < -0.39 is 18.0 Å². The zero-order chi connectivity index (χ0) is 27.6. The van der Waals surface area contributed by atoms with Crippen LogP contribution < -0.4 is 21.3 Å². The van der Waals surface area contributed by atoms with Crippen LogP contribution >= 0.6 is 0 Å². The van der Waals surface area contributed by atoms with Crippen molar-refractivity contribution in [1.82, 2.24) is 21.3 Å². The molecule has 2 atom stereocenters. The molecule has 9 heteroatoms. The molecule has 1 heterocycles. The van der Waals surface area contributed by atoms with Gasteiger partial charge >= 0.3 is 0 Å². The van der Waals surface area contributed by atoms with Crippen LogP contribution in [0.25, 0.3) is 10.8 Å². The van der Waals surface area contributed by atoms with Crippen LogP contribution in [0.4, 0.5) is 0 Å². The Morgan fingerprint density at radius 3 is 2.31 bits per heavy atom. The Morgan fingerprint density at radius 2 is 1.56 bits per heavy atom. The van der Waals surface area contributed by atoms with Gasteiger partial charge in [-0.3, -0.25) is 19.2 Å². The number of carbonyl (C=O) groups excluding carboxylic acids is 4. The van der Waals surface area contributed by atoms with Gasteiger partial charge < -0.3 is 26.0 Å². The normalized spacial score (nSPS) is 14.5. The first-order valence-corrected chi connectivity index (χ1v) is 13.1. The zero-order valence-electron chi connectivity index (χ0n) is 21.9. The average molecular weight is 531 g/mol. The highest BCUT2D eigenvalue weighted by Crippen LogP contribution is 2.18. The predicted octanol–water partition coefficient (Wildman–Crippen LogP) is 1.98. The molecule has 204 valence electrons. The molecule has 4 N–H and O–H groups in total. The molecule has 3 aromatic rings. The summed E-state index contributed by atoms with van der Waals surface area (Å²) in [6.45, 7) is 2.70. The van der Waals surface area contributed by atoms with Crippen LogP contribution in [0.5, 0.6) is 0 Å². The Hall–Kier alpha value is -4.24. The highest BCUT2D eigenvalue weighted by molar-refractivity contribution is 5.95. The van der Waals surface area contributed by atoms with Gasteiger partial charge in [0, 0.05) is 13.0 Å². The number of fused-ring (bicyclic) bond motifs is 1. The van der Waals surface area contributed by atoms with Crippen molar-refractivity contribution in [3.05, 3.63) is 83.9 Å². The second kappa shape index (κ2) is 13.5. The van der Waals surface area contributed by atoms with E-state index in [1.165, 1.54) is 0 Å². The minimum absolute atomic E-state index is 0.103. The van der Waals surface area contributed by atoms with Gasteiger partial charge in [-0.2, -0.15) is 0 Å². The van der Waals surface area contributed by atoms with Crippen LogP contribution in [0.1, 0.15) is 30.9 Å². The van der Waals surface area contributed by atoms with Gasteiger partial charge in [-0.05, 0) is 35.2 Å². The molecule has 9 nitrogen and oxygen atoms in total. The highest BCUT2D eigenvalue weighted by Gasteiger charge is 2.28. The van der Waals surface area contributed by atoms with Crippen LogP contribution in [-0.2, 0) is 36.9 Å². The molecule has 1 saturated heterocycles. The molecule has 0 aromatic heterocycles. The molecular formula is C30H34N4O5. The van der Waals surface area contributed by atoms with E-state index in [9.17, 15) is 19.2 Å². The van der Waals surface area contributed by atoms with Crippen LogP contribution in [-0.4, -0.2) is 55.0 Å². The number of ether oxygens (including phenoxy) is 1. The van der Waals surface area contributed by atoms with Crippen molar-refractivity contribution >= 4 is 34.4 Å². The molecule has 0 aliphatic carbocycles. The molecule has 39 heavy (non-hydrogen) atoms. The van der Waals surface area contributed by atoms with Crippen LogP contribution in [0, 0.1) is 0 Å². The zero-order valence-corrected chi connectivity index (χ0v) is 21.9. The number of amides is 4. The second-order valence-corrected chi connectivity index (χ2v) is 9.70. The number of nitrogens with one attached hydrogen (secondary N) is 4. The van der Waals surface area contributed by atoms with Gasteiger partial charge in [0.05, 0.1) is 25.7 Å². The third-order valence-electron chi connectivity index (χ3n) is 6.61. The van der Waals surface area contributed by atoms with E-state index in [4.69, 9.17) is 4.74 Å². The van der Waals surface area contributed by atoms with Gasteiger partial charge in [0.2, 0.25) is 23.6 Å². The van der Waals surface area contributed by atoms with Crippen LogP contribution in [0.3, 0.4) is 0 Å². The topological polar surface area (TPSA) is 126 Å². The minimum Gasteiger partial charge on any atom is -0.377 e. The fourth-order valence-corrected chi connectivity index (χ4v) is 4.33. The summed E-state index contributed by atoms with van der Waals surface area (Å²) in [4.78, 5) is 51.1. The maximum atomic E-state index is 13.1. The SMILES string of the molecule is C[C@H](NC(=O)[C@H](CC(=O)NC1COC1)NC(=O)CCc1ccccc1)C(=O)NCc1cccc2ccccc12. The summed E-state index contributed by atoms with van der Waals surface area (Å²) in [5.74, 6) is -1.70. The number of hydrogen-bond donors (Lipinski definition) is 4. The maximum absolute atomic E-state index is 13.1. The lowest BCUT2D eigenvalue weighted by Crippen LogP contribution is -2.55. The fourth-order valence-electron chi connectivity index (χ4n) is 4.33. The van der Waals surface area contributed by atoms with E-state index in [2.05, 4.69) is 21.3 Å². The summed E-state index contributed by atoms with van der Waals surface area (Å²) in [6, 6.07) is 21.2. The van der Waals surface area contributed by atoms with Gasteiger partial charge in [-0.15, -0.1) is 0 Å². The molecule has 4 rings (SSSR count). The van der Waals surface area contributed by atoms with Gasteiger partial charge in [-0.25, -0.2) is 0 Å². The molecule has 4 amide bonds. The fraction of sp³-hybridized carbons (Fsp3) is 0.333. The highest BCUT2D eigenvalue weighted by atomic mass is 16.5. The smallest absolute Gasteiger partial charge is 0.243 e. The third-order valence-corrected chi connectivity index (χ3v) is 6.61. The standard InChI is InChI=1S/C30H34N4O5/c1-20(29(37)31-17-23-12-7-11-22-10-5-6-13-25(22)23)32-30(38)26(16-28(36)33-24-18-39-19-24)34-27(35)15-14-21-8-3-2-4-9-21/h2-13,20,24,26H,14-19H2,1H3,(H,31,37)(H,32,38)(H,33,36)(H,34,35)/t20-,26-/m0/s1. The number of benzene rings is 3. The molecule has 0 spiro atoms. The number of carbonyl (C=O) groups is 4. The Balaban J connectivity index is 1.33. The lowest BCUT2D eigenvalue weighted by atomic mass is 10.0. The number of aryl methyl sites for hydroxylation is 1. The predicted molar refractivity (Wildman–Crippen MR) is 147 cm³/mol. The van der Waals surface area contributed by atoms with Crippen LogP contribution in [0.2, 0.25) is 0 Å². The van der Waals surface area contributed by atoms with Gasteiger partial charge in [0.15, 0.2) is 0 Å². The van der Waals surface area contributed by atoms with E-state index in [1.807, 2.05) is 72.8 Å². The quantitative estimate of drug-likeness (QED) is 0.285. The average Bonchev–Trinajstić information content (AvgIpc) is 2.92. The van der Waals surface area contributed by atoms with Crippen molar-refractivity contribution in [2.45, 2.75) is 50.9 Å².